The summed E-state index contributed by atoms with van der Waals surface area (Å²) in [6, 6.07) is 11.2. The molecule has 0 radical (unpaired) electrons. The highest BCUT2D eigenvalue weighted by Crippen LogP contribution is 2.38. The molecule has 1 aliphatic rings. The van der Waals surface area contributed by atoms with Gasteiger partial charge in [-0.05, 0) is 62.3 Å². The molecular formula is C20H22ClF3N2O3. The lowest BCUT2D eigenvalue weighted by molar-refractivity contribution is -0.141. The summed E-state index contributed by atoms with van der Waals surface area (Å²) < 4.78 is 50.0. The Bertz CT molecular complexity index is 822. The smallest absolute Gasteiger partial charge is 0.419 e. The normalized spacial score (nSPS) is 15.9. The average molecular weight is 431 g/mol. The Labute approximate surface area is 173 Å². The number of hydrogen-bond donors (Lipinski definition) is 2. The second-order valence-electron chi connectivity index (χ2n) is 6.52. The maximum Gasteiger partial charge on any atom is 0.419 e. The maximum atomic E-state index is 13.1. The molecule has 0 aliphatic carbocycles. The highest BCUT2D eigenvalue weighted by atomic mass is 35.5. The molecule has 0 atom stereocenters. The Morgan fingerprint density at radius 1 is 1.07 bits per heavy atom. The molecule has 29 heavy (non-hydrogen) atoms. The summed E-state index contributed by atoms with van der Waals surface area (Å²) in [5.74, 6) is -0.287. The van der Waals surface area contributed by atoms with Crippen LogP contribution in [0, 0.1) is 0 Å². The first-order chi connectivity index (χ1) is 13.3. The number of ether oxygens (including phenoxy) is 2. The molecule has 0 bridgehead atoms. The lowest BCUT2D eigenvalue weighted by atomic mass is 9.91. The monoisotopic (exact) mass is 430 g/mol. The van der Waals surface area contributed by atoms with E-state index >= 15 is 0 Å². The van der Waals surface area contributed by atoms with Crippen molar-refractivity contribution in [3.8, 4) is 11.5 Å². The third kappa shape index (κ3) is 5.41. The van der Waals surface area contributed by atoms with Crippen LogP contribution in [0.4, 0.5) is 18.9 Å². The molecule has 0 spiro atoms. The number of anilines is 1. The van der Waals surface area contributed by atoms with Gasteiger partial charge in [0.2, 0.25) is 0 Å². The molecule has 0 aromatic heterocycles. The fraction of sp³-hybridized carbons (Fsp3) is 0.350. The Hall–Kier alpha value is -2.29. The predicted molar refractivity (Wildman–Crippen MR) is 106 cm³/mol. The number of amides is 1. The van der Waals surface area contributed by atoms with Gasteiger partial charge in [-0.1, -0.05) is 12.1 Å². The van der Waals surface area contributed by atoms with Crippen LogP contribution >= 0.6 is 12.4 Å². The molecule has 2 aromatic carbocycles. The molecule has 9 heteroatoms. The van der Waals surface area contributed by atoms with Gasteiger partial charge in [0.05, 0.1) is 5.56 Å². The maximum absolute atomic E-state index is 13.1. The summed E-state index contributed by atoms with van der Waals surface area (Å²) in [4.78, 5) is 12.6. The molecule has 158 valence electrons. The average Bonchev–Trinajstić information content (AvgIpc) is 2.69. The Morgan fingerprint density at radius 2 is 1.69 bits per heavy atom. The van der Waals surface area contributed by atoms with Crippen LogP contribution in [-0.4, -0.2) is 31.7 Å². The largest absolute Gasteiger partial charge is 0.457 e. The molecule has 2 N–H and O–H groups in total. The van der Waals surface area contributed by atoms with E-state index in [1.54, 1.807) is 12.1 Å². The lowest BCUT2D eigenvalue weighted by Gasteiger charge is -2.34. The summed E-state index contributed by atoms with van der Waals surface area (Å²) in [5.41, 5.74) is -1.22. The minimum atomic E-state index is -4.51. The number of methoxy groups -OCH3 is 1. The van der Waals surface area contributed by atoms with E-state index in [2.05, 4.69) is 10.6 Å². The molecule has 0 unspecified atom stereocenters. The van der Waals surface area contributed by atoms with E-state index < -0.39 is 17.3 Å². The van der Waals surface area contributed by atoms with E-state index in [9.17, 15) is 18.0 Å². The zero-order chi connectivity index (χ0) is 20.2. The van der Waals surface area contributed by atoms with Crippen molar-refractivity contribution < 1.29 is 27.4 Å². The summed E-state index contributed by atoms with van der Waals surface area (Å²) in [6.07, 6.45) is -3.39. The van der Waals surface area contributed by atoms with Crippen molar-refractivity contribution in [3.05, 3.63) is 54.1 Å². The zero-order valence-electron chi connectivity index (χ0n) is 15.7. The number of nitrogens with one attached hydrogen (secondary N) is 2. The van der Waals surface area contributed by atoms with Gasteiger partial charge in [-0.25, -0.2) is 0 Å². The van der Waals surface area contributed by atoms with Crippen LogP contribution in [0.2, 0.25) is 0 Å². The Morgan fingerprint density at radius 3 is 2.28 bits per heavy atom. The van der Waals surface area contributed by atoms with Gasteiger partial charge in [-0.2, -0.15) is 13.2 Å². The van der Waals surface area contributed by atoms with Crippen molar-refractivity contribution in [2.45, 2.75) is 24.6 Å². The van der Waals surface area contributed by atoms with Crippen LogP contribution in [0.5, 0.6) is 11.5 Å². The number of halogens is 4. The van der Waals surface area contributed by atoms with Gasteiger partial charge in [-0.3, -0.25) is 4.79 Å². The quantitative estimate of drug-likeness (QED) is 0.726. The zero-order valence-corrected chi connectivity index (χ0v) is 16.5. The molecule has 1 heterocycles. The van der Waals surface area contributed by atoms with Gasteiger partial charge in [-0.15, -0.1) is 12.4 Å². The molecule has 1 amide bonds. The third-order valence-corrected chi connectivity index (χ3v) is 4.75. The number of carbonyl (C=O) groups is 1. The minimum absolute atomic E-state index is 0. The van der Waals surface area contributed by atoms with Gasteiger partial charge in [0.15, 0.2) is 0 Å². The van der Waals surface area contributed by atoms with E-state index in [0.29, 0.717) is 31.6 Å². The minimum Gasteiger partial charge on any atom is -0.457 e. The van der Waals surface area contributed by atoms with Crippen LogP contribution < -0.4 is 15.4 Å². The summed E-state index contributed by atoms with van der Waals surface area (Å²) >= 11 is 0. The lowest BCUT2D eigenvalue weighted by Crippen LogP contribution is -2.51. The molecule has 2 aromatic rings. The van der Waals surface area contributed by atoms with Crippen LogP contribution in [0.1, 0.15) is 18.4 Å². The van der Waals surface area contributed by atoms with Gasteiger partial charge in [0, 0.05) is 12.8 Å². The van der Waals surface area contributed by atoms with Crippen molar-refractivity contribution in [2.75, 3.05) is 25.5 Å². The molecule has 1 aliphatic heterocycles. The number of rotatable bonds is 5. The standard InChI is InChI=1S/C20H21F3N2O3.ClH/c1-27-19(10-12-24-13-11-19)18(26)25-14-6-8-15(9-7-14)28-17-5-3-2-4-16(17)20(21,22)23;/h2-9,24H,10-13H2,1H3,(H,25,26);1H. The van der Waals surface area contributed by atoms with E-state index in [-0.39, 0.29) is 29.8 Å². The van der Waals surface area contributed by atoms with E-state index in [0.717, 1.165) is 6.07 Å². The number of piperidine rings is 1. The van der Waals surface area contributed by atoms with Gasteiger partial charge >= 0.3 is 6.18 Å². The second-order valence-corrected chi connectivity index (χ2v) is 6.52. The number of alkyl halides is 3. The van der Waals surface area contributed by atoms with Crippen LogP contribution in [-0.2, 0) is 15.7 Å². The summed E-state index contributed by atoms with van der Waals surface area (Å²) in [7, 11) is 1.51. The number of para-hydroxylation sites is 1. The van der Waals surface area contributed by atoms with Crippen molar-refractivity contribution in [1.29, 1.82) is 0 Å². The number of hydrogen-bond acceptors (Lipinski definition) is 4. The first kappa shape index (κ1) is 23.0. The van der Waals surface area contributed by atoms with Crippen LogP contribution in [0.15, 0.2) is 48.5 Å². The van der Waals surface area contributed by atoms with Gasteiger partial charge in [0.25, 0.3) is 5.91 Å². The Balaban J connectivity index is 0.00000300. The fourth-order valence-corrected chi connectivity index (χ4v) is 3.12. The van der Waals surface area contributed by atoms with Gasteiger partial charge < -0.3 is 20.1 Å². The third-order valence-electron chi connectivity index (χ3n) is 4.75. The van der Waals surface area contributed by atoms with Crippen molar-refractivity contribution in [3.63, 3.8) is 0 Å². The molecule has 0 saturated carbocycles. The van der Waals surface area contributed by atoms with E-state index in [1.165, 1.54) is 37.4 Å². The molecular weight excluding hydrogens is 409 g/mol. The van der Waals surface area contributed by atoms with E-state index in [4.69, 9.17) is 9.47 Å². The van der Waals surface area contributed by atoms with Crippen molar-refractivity contribution >= 4 is 24.0 Å². The predicted octanol–water partition coefficient (Wildman–Crippen LogP) is 4.63. The fourth-order valence-electron chi connectivity index (χ4n) is 3.12. The topological polar surface area (TPSA) is 59.6 Å². The van der Waals surface area contributed by atoms with Crippen molar-refractivity contribution in [2.24, 2.45) is 0 Å². The van der Waals surface area contributed by atoms with Crippen molar-refractivity contribution in [1.82, 2.24) is 5.32 Å². The Kier molecular flexibility index (Phi) is 7.51. The number of benzene rings is 2. The van der Waals surface area contributed by atoms with E-state index in [1.807, 2.05) is 0 Å². The van der Waals surface area contributed by atoms with Crippen LogP contribution in [0.25, 0.3) is 0 Å². The highest BCUT2D eigenvalue weighted by Gasteiger charge is 2.39. The SMILES string of the molecule is COC1(C(=O)Nc2ccc(Oc3ccccc3C(F)(F)F)cc2)CCNCC1.Cl. The van der Waals surface area contributed by atoms with Gasteiger partial charge in [0.1, 0.15) is 17.1 Å². The molecule has 5 nitrogen and oxygen atoms in total. The first-order valence-electron chi connectivity index (χ1n) is 8.85. The highest BCUT2D eigenvalue weighted by molar-refractivity contribution is 5.97. The number of carbonyl (C=O) groups excluding carboxylic acids is 1. The van der Waals surface area contributed by atoms with Crippen LogP contribution in [0.3, 0.4) is 0 Å². The second kappa shape index (κ2) is 9.47. The summed E-state index contributed by atoms with van der Waals surface area (Å²) in [6.45, 7) is 1.37. The molecule has 1 saturated heterocycles. The first-order valence-corrected chi connectivity index (χ1v) is 8.85. The molecule has 1 fully saturated rings. The molecule has 3 rings (SSSR count). The summed E-state index contributed by atoms with van der Waals surface area (Å²) in [5, 5.41) is 5.98.